The number of rotatable bonds is 0. The number of hydrogen-bond donors (Lipinski definition) is 1. The van der Waals surface area contributed by atoms with Gasteiger partial charge in [-0.3, -0.25) is 0 Å². The highest BCUT2D eigenvalue weighted by Crippen LogP contribution is 2.06. The van der Waals surface area contributed by atoms with Crippen LogP contribution in [0.25, 0.3) is 0 Å². The highest BCUT2D eigenvalue weighted by molar-refractivity contribution is 5.73. The van der Waals surface area contributed by atoms with Gasteiger partial charge in [-0.25, -0.2) is 4.99 Å². The number of hydrogen-bond acceptors (Lipinski definition) is 3. The molecule has 0 aromatic carbocycles. The second-order valence-corrected chi connectivity index (χ2v) is 2.09. The van der Waals surface area contributed by atoms with Crippen LogP contribution in [-0.4, -0.2) is 12.1 Å². The van der Waals surface area contributed by atoms with Gasteiger partial charge in [0.15, 0.2) is 0 Å². The zero-order valence-corrected chi connectivity index (χ0v) is 5.59. The molecule has 3 heteroatoms. The number of nitrogens with two attached hydrogens (primary N) is 1. The SMILES string of the molecule is CC1=C[C@H](C)N=C(N)O1. The maximum atomic E-state index is 5.30. The van der Waals surface area contributed by atoms with Crippen molar-refractivity contribution in [2.45, 2.75) is 19.9 Å². The molecule has 0 aliphatic carbocycles. The molecule has 0 saturated heterocycles. The van der Waals surface area contributed by atoms with Gasteiger partial charge in [-0.2, -0.15) is 0 Å². The zero-order valence-electron chi connectivity index (χ0n) is 5.59. The Morgan fingerprint density at radius 3 is 2.89 bits per heavy atom. The number of allylic oxidation sites excluding steroid dienone is 1. The zero-order chi connectivity index (χ0) is 6.85. The van der Waals surface area contributed by atoms with Crippen LogP contribution in [0.5, 0.6) is 0 Å². The summed E-state index contributed by atoms with van der Waals surface area (Å²) in [5, 5.41) is 0. The average Bonchev–Trinajstić information content (AvgIpc) is 1.59. The standard InChI is InChI=1S/C6H10N2O/c1-4-3-5(2)9-6(7)8-4/h3-4H,1-2H3,(H2,7,8)/t4-/m0/s1. The normalized spacial score (nSPS) is 26.2. The molecule has 3 nitrogen and oxygen atoms in total. The van der Waals surface area contributed by atoms with Crippen molar-refractivity contribution in [2.75, 3.05) is 0 Å². The van der Waals surface area contributed by atoms with Crippen LogP contribution in [0.2, 0.25) is 0 Å². The van der Waals surface area contributed by atoms with Gasteiger partial charge in [0, 0.05) is 0 Å². The highest BCUT2D eigenvalue weighted by atomic mass is 16.5. The van der Waals surface area contributed by atoms with Gasteiger partial charge >= 0.3 is 0 Å². The van der Waals surface area contributed by atoms with Crippen molar-refractivity contribution in [1.82, 2.24) is 0 Å². The molecule has 0 unspecified atom stereocenters. The van der Waals surface area contributed by atoms with Crippen LogP contribution in [0.1, 0.15) is 13.8 Å². The van der Waals surface area contributed by atoms with E-state index in [-0.39, 0.29) is 12.1 Å². The van der Waals surface area contributed by atoms with Crippen molar-refractivity contribution in [1.29, 1.82) is 0 Å². The van der Waals surface area contributed by atoms with Gasteiger partial charge in [0.2, 0.25) is 0 Å². The van der Waals surface area contributed by atoms with Crippen molar-refractivity contribution >= 4 is 6.02 Å². The van der Waals surface area contributed by atoms with Gasteiger partial charge < -0.3 is 10.5 Å². The van der Waals surface area contributed by atoms with Crippen molar-refractivity contribution in [3.63, 3.8) is 0 Å². The summed E-state index contributed by atoms with van der Waals surface area (Å²) in [5.74, 6) is 0.829. The fourth-order valence-corrected chi connectivity index (χ4v) is 0.803. The van der Waals surface area contributed by atoms with E-state index in [0.29, 0.717) is 0 Å². The Bertz CT molecular complexity index is 154. The lowest BCUT2D eigenvalue weighted by Crippen LogP contribution is -2.21. The average molecular weight is 126 g/mol. The second-order valence-electron chi connectivity index (χ2n) is 2.09. The maximum absolute atomic E-state index is 5.30. The summed E-state index contributed by atoms with van der Waals surface area (Å²) in [6.07, 6.45) is 1.91. The molecule has 0 aromatic rings. The van der Waals surface area contributed by atoms with Crippen LogP contribution >= 0.6 is 0 Å². The van der Waals surface area contributed by atoms with Crippen molar-refractivity contribution < 1.29 is 4.74 Å². The van der Waals surface area contributed by atoms with Gasteiger partial charge in [-0.15, -0.1) is 0 Å². The lowest BCUT2D eigenvalue weighted by atomic mass is 10.3. The van der Waals surface area contributed by atoms with E-state index in [1.807, 2.05) is 19.9 Å². The van der Waals surface area contributed by atoms with E-state index in [2.05, 4.69) is 4.99 Å². The molecule has 0 spiro atoms. The topological polar surface area (TPSA) is 47.6 Å². The van der Waals surface area contributed by atoms with Gasteiger partial charge in [-0.05, 0) is 19.9 Å². The van der Waals surface area contributed by atoms with Gasteiger partial charge in [0.1, 0.15) is 5.76 Å². The molecule has 1 rings (SSSR count). The summed E-state index contributed by atoms with van der Waals surface area (Å²) in [4.78, 5) is 3.93. The van der Waals surface area contributed by atoms with Crippen LogP contribution in [0, 0.1) is 0 Å². The molecule has 1 aliphatic rings. The Balaban J connectivity index is 2.69. The minimum atomic E-state index is 0.166. The first-order valence-electron chi connectivity index (χ1n) is 2.88. The molecule has 0 bridgehead atoms. The minimum Gasteiger partial charge on any atom is -0.431 e. The molecule has 1 atom stereocenters. The summed E-state index contributed by atoms with van der Waals surface area (Å²) < 4.78 is 4.95. The van der Waals surface area contributed by atoms with Crippen molar-refractivity contribution in [3.8, 4) is 0 Å². The van der Waals surface area contributed by atoms with Crippen molar-refractivity contribution in [3.05, 3.63) is 11.8 Å². The Hall–Kier alpha value is -0.990. The Morgan fingerprint density at radius 2 is 2.44 bits per heavy atom. The summed E-state index contributed by atoms with van der Waals surface area (Å²) in [5.41, 5.74) is 5.30. The van der Waals surface area contributed by atoms with E-state index >= 15 is 0 Å². The predicted octanol–water partition coefficient (Wildman–Crippen LogP) is 0.624. The summed E-state index contributed by atoms with van der Waals surface area (Å²) >= 11 is 0. The van der Waals surface area contributed by atoms with Crippen LogP contribution in [0.15, 0.2) is 16.8 Å². The number of amidine groups is 1. The largest absolute Gasteiger partial charge is 0.431 e. The summed E-state index contributed by atoms with van der Waals surface area (Å²) in [6, 6.07) is 0.432. The lowest BCUT2D eigenvalue weighted by molar-refractivity contribution is 0.391. The van der Waals surface area contributed by atoms with Crippen LogP contribution in [0.4, 0.5) is 0 Å². The highest BCUT2D eigenvalue weighted by Gasteiger charge is 2.06. The molecule has 50 valence electrons. The van der Waals surface area contributed by atoms with Gasteiger partial charge in [0.05, 0.1) is 6.04 Å². The second kappa shape index (κ2) is 2.09. The molecule has 0 amide bonds. The van der Waals surface area contributed by atoms with Crippen LogP contribution in [0.3, 0.4) is 0 Å². The summed E-state index contributed by atoms with van der Waals surface area (Å²) in [6.45, 7) is 3.82. The quantitative estimate of drug-likeness (QED) is 0.517. The van der Waals surface area contributed by atoms with E-state index in [1.165, 1.54) is 0 Å². The number of nitrogens with zero attached hydrogens (tertiary/aromatic N) is 1. The molecule has 0 fully saturated rings. The third kappa shape index (κ3) is 1.45. The number of ether oxygens (including phenoxy) is 1. The van der Waals surface area contributed by atoms with E-state index in [4.69, 9.17) is 10.5 Å². The van der Waals surface area contributed by atoms with E-state index in [0.717, 1.165) is 5.76 Å². The smallest absolute Gasteiger partial charge is 0.287 e. The molecule has 1 aliphatic heterocycles. The van der Waals surface area contributed by atoms with Crippen LogP contribution in [-0.2, 0) is 4.74 Å². The first-order valence-corrected chi connectivity index (χ1v) is 2.88. The van der Waals surface area contributed by atoms with E-state index in [9.17, 15) is 0 Å². The number of aliphatic imine (C=N–C) groups is 1. The first kappa shape index (κ1) is 6.13. The first-order chi connectivity index (χ1) is 4.18. The third-order valence-corrected chi connectivity index (χ3v) is 1.07. The monoisotopic (exact) mass is 126 g/mol. The molecule has 0 aromatic heterocycles. The van der Waals surface area contributed by atoms with E-state index in [1.54, 1.807) is 0 Å². The minimum absolute atomic E-state index is 0.166. The predicted molar refractivity (Wildman–Crippen MR) is 35.9 cm³/mol. The summed E-state index contributed by atoms with van der Waals surface area (Å²) in [7, 11) is 0. The van der Waals surface area contributed by atoms with Crippen molar-refractivity contribution in [2.24, 2.45) is 10.7 Å². The fraction of sp³-hybridized carbons (Fsp3) is 0.500. The molecular formula is C6H10N2O. The van der Waals surface area contributed by atoms with Gasteiger partial charge in [-0.1, -0.05) is 0 Å². The molecule has 1 heterocycles. The molecule has 0 saturated carbocycles. The van der Waals surface area contributed by atoms with Crippen LogP contribution < -0.4 is 5.73 Å². The molecular weight excluding hydrogens is 116 g/mol. The molecule has 2 N–H and O–H groups in total. The Kier molecular flexibility index (Phi) is 1.42. The Labute approximate surface area is 54.2 Å². The Morgan fingerprint density at radius 1 is 1.78 bits per heavy atom. The maximum Gasteiger partial charge on any atom is 0.287 e. The van der Waals surface area contributed by atoms with E-state index < -0.39 is 0 Å². The third-order valence-electron chi connectivity index (χ3n) is 1.07. The molecule has 9 heavy (non-hydrogen) atoms. The lowest BCUT2D eigenvalue weighted by Gasteiger charge is -2.12. The van der Waals surface area contributed by atoms with Gasteiger partial charge in [0.25, 0.3) is 6.02 Å². The fourth-order valence-electron chi connectivity index (χ4n) is 0.803. The molecule has 0 radical (unpaired) electrons.